The number of hydrogen-bond acceptors (Lipinski definition) is 9. The van der Waals surface area contributed by atoms with Crippen molar-refractivity contribution in [2.75, 3.05) is 46.0 Å². The van der Waals surface area contributed by atoms with Crippen molar-refractivity contribution in [1.29, 1.82) is 0 Å². The molecule has 0 bridgehead atoms. The molecule has 2 aliphatic heterocycles. The third kappa shape index (κ3) is 6.72. The van der Waals surface area contributed by atoms with Crippen LogP contribution >= 0.6 is 11.3 Å². The van der Waals surface area contributed by atoms with Crippen LogP contribution in [-0.2, 0) is 29.5 Å². The molecule has 30 heavy (non-hydrogen) atoms. The molecule has 162 valence electrons. The van der Waals surface area contributed by atoms with Crippen LogP contribution in [0.1, 0.15) is 12.7 Å². The molecule has 2 N–H and O–H groups in total. The summed E-state index contributed by atoms with van der Waals surface area (Å²) in [4.78, 5) is 32.4. The Morgan fingerprint density at radius 3 is 2.77 bits per heavy atom. The number of ether oxygens (including phenoxy) is 1. The van der Waals surface area contributed by atoms with Crippen LogP contribution in [-0.4, -0.2) is 91.7 Å². The molecule has 1 aromatic heterocycles. The van der Waals surface area contributed by atoms with Gasteiger partial charge in [-0.15, -0.1) is 11.3 Å². The van der Waals surface area contributed by atoms with E-state index in [4.69, 9.17) is 14.1 Å². The van der Waals surface area contributed by atoms with E-state index >= 15 is 0 Å². The number of nitrogens with one attached hydrogen (secondary N) is 1. The fraction of sp³-hybridized carbons (Fsp3) is 0.562. The van der Waals surface area contributed by atoms with E-state index in [1.54, 1.807) is 17.5 Å². The minimum Gasteiger partial charge on any atom is -1.00 e. The van der Waals surface area contributed by atoms with E-state index in [9.17, 15) is 18.0 Å². The van der Waals surface area contributed by atoms with Gasteiger partial charge in [0, 0.05) is 19.6 Å². The monoisotopic (exact) mass is 470 g/mol. The summed E-state index contributed by atoms with van der Waals surface area (Å²) in [6.07, 6.45) is 0.729. The van der Waals surface area contributed by atoms with Crippen LogP contribution in [0.15, 0.2) is 22.7 Å². The van der Waals surface area contributed by atoms with E-state index < -0.39 is 28.2 Å². The SMILES string of the molecule is O=C(NC1CN(S(=O)(=O)O)C1=O)C(=NOCCCN1CCOCC1)c1cccs1.[H-].[Na+]. The first-order valence-corrected chi connectivity index (χ1v) is 11.3. The summed E-state index contributed by atoms with van der Waals surface area (Å²) in [5.41, 5.74) is 0.00415. The van der Waals surface area contributed by atoms with Crippen molar-refractivity contribution in [3.8, 4) is 0 Å². The van der Waals surface area contributed by atoms with Crippen LogP contribution in [0.25, 0.3) is 0 Å². The summed E-state index contributed by atoms with van der Waals surface area (Å²) in [5, 5.41) is 8.12. The molecule has 0 aliphatic carbocycles. The number of carbonyl (C=O) groups excluding carboxylic acids is 2. The molecular weight excluding hydrogens is 447 g/mol. The minimum atomic E-state index is -4.61. The van der Waals surface area contributed by atoms with Gasteiger partial charge in [0.05, 0.1) is 24.6 Å². The Bertz CT molecular complexity index is 863. The summed E-state index contributed by atoms with van der Waals surface area (Å²) in [6.45, 7) is 4.01. The molecular formula is C16H23N4NaO7S2. The average molecular weight is 471 g/mol. The first-order valence-electron chi connectivity index (χ1n) is 9.00. The van der Waals surface area contributed by atoms with Crippen molar-refractivity contribution in [2.45, 2.75) is 12.5 Å². The number of morpholine rings is 1. The van der Waals surface area contributed by atoms with E-state index in [-0.39, 0.29) is 47.5 Å². The Hall–Kier alpha value is -1.06. The second-order valence-corrected chi connectivity index (χ2v) is 8.72. The molecule has 2 fully saturated rings. The van der Waals surface area contributed by atoms with Gasteiger partial charge < -0.3 is 16.3 Å². The first-order chi connectivity index (χ1) is 13.9. The number of hydrogen-bond donors (Lipinski definition) is 2. The number of thiophene rings is 1. The molecule has 0 saturated carbocycles. The Balaban J connectivity index is 0.00000240. The van der Waals surface area contributed by atoms with E-state index in [0.29, 0.717) is 11.5 Å². The summed E-state index contributed by atoms with van der Waals surface area (Å²) in [5.74, 6) is -1.56. The zero-order valence-electron chi connectivity index (χ0n) is 17.5. The fourth-order valence-corrected chi connectivity index (χ4v) is 4.23. The molecule has 2 aliphatic rings. The molecule has 0 aromatic carbocycles. The Labute approximate surface area is 202 Å². The standard InChI is InChI=1S/C16H22N4O7S2.Na.H/c21-15(17-12-11-20(16(12)22)29(23,24)25)14(13-3-1-10-28-13)18-27-7-2-4-19-5-8-26-9-6-19;;/h1,3,10,12H,2,4-9,11H2,(H,17,21)(H,23,24,25);;/q;+1;-1. The second-order valence-electron chi connectivity index (χ2n) is 6.43. The van der Waals surface area contributed by atoms with Gasteiger partial charge in [0.15, 0.2) is 5.71 Å². The third-order valence-electron chi connectivity index (χ3n) is 4.42. The largest absolute Gasteiger partial charge is 1.00 e. The maximum atomic E-state index is 12.5. The Kier molecular flexibility index (Phi) is 9.68. The van der Waals surface area contributed by atoms with Gasteiger partial charge in [0.25, 0.3) is 11.8 Å². The smallest absolute Gasteiger partial charge is 1.00 e. The predicted molar refractivity (Wildman–Crippen MR) is 105 cm³/mol. The zero-order valence-corrected chi connectivity index (χ0v) is 20.2. The molecule has 0 spiro atoms. The average Bonchev–Trinajstić information content (AvgIpc) is 3.21. The van der Waals surface area contributed by atoms with Gasteiger partial charge >= 0.3 is 39.9 Å². The topological polar surface area (TPSA) is 138 Å². The number of β-lactam (4-membered cyclic amide) rings is 1. The van der Waals surface area contributed by atoms with E-state index in [1.165, 1.54) is 11.3 Å². The van der Waals surface area contributed by atoms with Gasteiger partial charge in [-0.2, -0.15) is 8.42 Å². The number of rotatable bonds is 9. The van der Waals surface area contributed by atoms with Gasteiger partial charge in [0.1, 0.15) is 12.6 Å². The summed E-state index contributed by atoms with van der Waals surface area (Å²) in [6, 6.07) is 2.39. The molecule has 1 aromatic rings. The van der Waals surface area contributed by atoms with Crippen molar-refractivity contribution in [3.63, 3.8) is 0 Å². The summed E-state index contributed by atoms with van der Waals surface area (Å²) in [7, 11) is -4.61. The number of carbonyl (C=O) groups is 2. The molecule has 14 heteroatoms. The number of nitrogens with zero attached hydrogens (tertiary/aromatic N) is 3. The second kappa shape index (κ2) is 11.5. The van der Waals surface area contributed by atoms with Crippen molar-refractivity contribution >= 4 is 39.2 Å². The molecule has 2 saturated heterocycles. The molecule has 1 atom stereocenters. The van der Waals surface area contributed by atoms with Crippen LogP contribution in [0.2, 0.25) is 0 Å². The molecule has 0 radical (unpaired) electrons. The number of oxime groups is 1. The van der Waals surface area contributed by atoms with Crippen molar-refractivity contribution in [1.82, 2.24) is 14.5 Å². The maximum Gasteiger partial charge on any atom is 1.00 e. The van der Waals surface area contributed by atoms with Crippen molar-refractivity contribution < 1.29 is 63.1 Å². The van der Waals surface area contributed by atoms with Crippen LogP contribution in [0, 0.1) is 0 Å². The van der Waals surface area contributed by atoms with Gasteiger partial charge in [-0.3, -0.25) is 19.0 Å². The zero-order chi connectivity index (χ0) is 20.9. The van der Waals surface area contributed by atoms with Crippen molar-refractivity contribution in [3.05, 3.63) is 22.4 Å². The van der Waals surface area contributed by atoms with E-state index in [0.717, 1.165) is 39.3 Å². The van der Waals surface area contributed by atoms with Crippen LogP contribution < -0.4 is 34.9 Å². The molecule has 11 nitrogen and oxygen atoms in total. The van der Waals surface area contributed by atoms with Crippen molar-refractivity contribution in [2.24, 2.45) is 5.16 Å². The maximum absolute atomic E-state index is 12.5. The summed E-state index contributed by atoms with van der Waals surface area (Å²) < 4.78 is 36.4. The van der Waals surface area contributed by atoms with Gasteiger partial charge in [0.2, 0.25) is 0 Å². The van der Waals surface area contributed by atoms with Gasteiger partial charge in [-0.05, 0) is 17.9 Å². The molecule has 1 unspecified atom stereocenters. The van der Waals surface area contributed by atoms with Crippen LogP contribution in [0.4, 0.5) is 0 Å². The predicted octanol–water partition coefficient (Wildman–Crippen LogP) is -3.56. The van der Waals surface area contributed by atoms with E-state index in [2.05, 4.69) is 15.4 Å². The Morgan fingerprint density at radius 2 is 2.17 bits per heavy atom. The minimum absolute atomic E-state index is 0. The van der Waals surface area contributed by atoms with Crippen LogP contribution in [0.5, 0.6) is 0 Å². The summed E-state index contributed by atoms with van der Waals surface area (Å²) >= 11 is 1.28. The fourth-order valence-electron chi connectivity index (χ4n) is 2.84. The normalized spacial score (nSPS) is 20.3. The third-order valence-corrected chi connectivity index (χ3v) is 6.18. The molecule has 3 heterocycles. The Morgan fingerprint density at radius 1 is 1.43 bits per heavy atom. The molecule has 3 rings (SSSR count). The quantitative estimate of drug-likeness (QED) is 0.0945. The molecule has 2 amide bonds. The first kappa shape index (κ1) is 25.2. The van der Waals surface area contributed by atoms with Gasteiger partial charge in [-0.1, -0.05) is 11.2 Å². The number of amides is 2. The van der Waals surface area contributed by atoms with E-state index in [1.807, 2.05) is 0 Å². The van der Waals surface area contributed by atoms with Gasteiger partial charge in [-0.25, -0.2) is 4.31 Å². The van der Waals surface area contributed by atoms with Crippen LogP contribution in [0.3, 0.4) is 0 Å².